The van der Waals surface area contributed by atoms with Crippen LogP contribution in [0.25, 0.3) is 11.3 Å². The SMILES string of the molecule is C#CC(O)(C(c1ccc(F)cc1)c1cnc2c(c1)Cc1ccccc1-2)C(C(=O)O)(C(C)C)[PH](=O)O. The molecule has 0 amide bonds. The van der Waals surface area contributed by atoms with E-state index in [0.717, 1.165) is 34.5 Å². The van der Waals surface area contributed by atoms with Gasteiger partial charge in [0.1, 0.15) is 5.82 Å². The molecule has 0 aliphatic heterocycles. The fourth-order valence-corrected chi connectivity index (χ4v) is 6.50. The Labute approximate surface area is 203 Å². The lowest BCUT2D eigenvalue weighted by molar-refractivity contribution is -0.149. The van der Waals surface area contributed by atoms with Gasteiger partial charge in [-0.2, -0.15) is 0 Å². The number of rotatable bonds is 7. The van der Waals surface area contributed by atoms with Gasteiger partial charge in [0.05, 0.1) is 11.6 Å². The van der Waals surface area contributed by atoms with Crippen molar-refractivity contribution in [1.82, 2.24) is 4.98 Å². The van der Waals surface area contributed by atoms with E-state index < -0.39 is 42.4 Å². The van der Waals surface area contributed by atoms with Gasteiger partial charge < -0.3 is 15.1 Å². The van der Waals surface area contributed by atoms with Gasteiger partial charge in [0, 0.05) is 18.2 Å². The second-order valence-corrected chi connectivity index (χ2v) is 10.5. The Morgan fingerprint density at radius 2 is 1.80 bits per heavy atom. The molecule has 1 aromatic heterocycles. The highest BCUT2D eigenvalue weighted by Gasteiger charge is 2.65. The van der Waals surface area contributed by atoms with Crippen LogP contribution in [0.2, 0.25) is 0 Å². The Kier molecular flexibility index (Phi) is 6.42. The lowest BCUT2D eigenvalue weighted by Gasteiger charge is -2.46. The van der Waals surface area contributed by atoms with Crippen LogP contribution in [0.15, 0.2) is 60.8 Å². The minimum Gasteiger partial charge on any atom is -0.480 e. The van der Waals surface area contributed by atoms with Crippen LogP contribution >= 0.6 is 8.03 Å². The summed E-state index contributed by atoms with van der Waals surface area (Å²) in [4.78, 5) is 27.6. The summed E-state index contributed by atoms with van der Waals surface area (Å²) < 4.78 is 26.5. The molecule has 35 heavy (non-hydrogen) atoms. The number of nitrogens with zero attached hydrogens (tertiary/aromatic N) is 1. The number of hydrogen-bond donors (Lipinski definition) is 3. The summed E-state index contributed by atoms with van der Waals surface area (Å²) >= 11 is 0. The molecule has 3 aromatic rings. The van der Waals surface area contributed by atoms with Crippen LogP contribution in [0.4, 0.5) is 4.39 Å². The molecular weight excluding hydrogens is 468 g/mol. The number of carboxylic acid groups (broad SMARTS) is 1. The largest absolute Gasteiger partial charge is 0.480 e. The third kappa shape index (κ3) is 3.70. The summed E-state index contributed by atoms with van der Waals surface area (Å²) in [5, 5.41) is 19.7. The van der Waals surface area contributed by atoms with Crippen molar-refractivity contribution in [3.63, 3.8) is 0 Å². The molecule has 4 rings (SSSR count). The first kappa shape index (κ1) is 24.8. The van der Waals surface area contributed by atoms with E-state index >= 15 is 0 Å². The Morgan fingerprint density at radius 1 is 1.14 bits per heavy atom. The fraction of sp³-hybridized carbons (Fsp3) is 0.259. The van der Waals surface area contributed by atoms with Gasteiger partial charge in [-0.15, -0.1) is 6.42 Å². The maximum Gasteiger partial charge on any atom is 0.323 e. The monoisotopic (exact) mass is 493 g/mol. The predicted molar refractivity (Wildman–Crippen MR) is 131 cm³/mol. The Morgan fingerprint density at radius 3 is 2.37 bits per heavy atom. The molecule has 3 N–H and O–H groups in total. The lowest BCUT2D eigenvalue weighted by Crippen LogP contribution is -2.62. The first-order chi connectivity index (χ1) is 16.6. The first-order valence-corrected chi connectivity index (χ1v) is 12.4. The first-order valence-electron chi connectivity index (χ1n) is 11.1. The van der Waals surface area contributed by atoms with Gasteiger partial charge in [0.25, 0.3) is 0 Å². The predicted octanol–water partition coefficient (Wildman–Crippen LogP) is 4.23. The zero-order valence-electron chi connectivity index (χ0n) is 19.2. The molecule has 0 radical (unpaired) electrons. The van der Waals surface area contributed by atoms with Crippen molar-refractivity contribution in [2.45, 2.75) is 36.9 Å². The fourth-order valence-electron chi connectivity index (χ4n) is 5.28. The van der Waals surface area contributed by atoms with Crippen molar-refractivity contribution in [2.24, 2.45) is 5.92 Å². The van der Waals surface area contributed by atoms with E-state index in [9.17, 15) is 28.9 Å². The molecule has 1 heterocycles. The maximum atomic E-state index is 13.8. The molecule has 0 bridgehead atoms. The molecule has 4 atom stereocenters. The summed E-state index contributed by atoms with van der Waals surface area (Å²) in [5.74, 6) is -2.35. The van der Waals surface area contributed by atoms with Gasteiger partial charge in [-0.1, -0.05) is 62.2 Å². The average Bonchev–Trinajstić information content (AvgIpc) is 3.18. The summed E-state index contributed by atoms with van der Waals surface area (Å²) in [6.07, 6.45) is 7.86. The third-order valence-electron chi connectivity index (χ3n) is 6.96. The number of hydrogen-bond acceptors (Lipinski definition) is 4. The number of carbonyl (C=O) groups is 1. The summed E-state index contributed by atoms with van der Waals surface area (Å²) in [6.45, 7) is 2.85. The van der Waals surface area contributed by atoms with Gasteiger partial charge in [0.2, 0.25) is 8.03 Å². The van der Waals surface area contributed by atoms with E-state index in [0.29, 0.717) is 17.5 Å². The molecule has 0 spiro atoms. The van der Waals surface area contributed by atoms with Gasteiger partial charge in [0.15, 0.2) is 10.8 Å². The van der Waals surface area contributed by atoms with Crippen LogP contribution in [0, 0.1) is 24.1 Å². The molecule has 0 saturated carbocycles. The molecule has 1 aliphatic rings. The van der Waals surface area contributed by atoms with Gasteiger partial charge >= 0.3 is 5.97 Å². The van der Waals surface area contributed by atoms with E-state index in [1.165, 1.54) is 32.2 Å². The molecule has 6 nitrogen and oxygen atoms in total. The van der Waals surface area contributed by atoms with Crippen LogP contribution in [-0.2, 0) is 15.8 Å². The number of benzene rings is 2. The maximum absolute atomic E-state index is 13.8. The molecule has 1 aliphatic carbocycles. The second-order valence-electron chi connectivity index (χ2n) is 9.08. The van der Waals surface area contributed by atoms with Crippen LogP contribution in [-0.4, -0.2) is 36.8 Å². The third-order valence-corrected chi connectivity index (χ3v) is 8.80. The minimum atomic E-state index is -3.96. The smallest absolute Gasteiger partial charge is 0.323 e. The molecule has 4 unspecified atom stereocenters. The van der Waals surface area contributed by atoms with Crippen LogP contribution in [0.5, 0.6) is 0 Å². The standard InChI is InChI=1S/C27H25FNO5P/c1-4-26(32,27(16(2)3,25(30)31)35(33)34)23(17-9-11-21(28)12-10-17)20-14-19-13-18-7-5-6-8-22(18)24(19)29-15-20/h1,5-12,14-16,23,32,35H,13H2,2-3H3,(H,30,31)(H,33,34). The van der Waals surface area contributed by atoms with Crippen molar-refractivity contribution in [3.05, 3.63) is 88.9 Å². The molecule has 0 saturated heterocycles. The van der Waals surface area contributed by atoms with E-state index in [4.69, 9.17) is 6.42 Å². The highest BCUT2D eigenvalue weighted by atomic mass is 31.1. The topological polar surface area (TPSA) is 108 Å². The molecular formula is C27H25FNO5P. The second kappa shape index (κ2) is 9.05. The number of fused-ring (bicyclic) bond motifs is 3. The van der Waals surface area contributed by atoms with E-state index in [1.54, 1.807) is 6.07 Å². The van der Waals surface area contributed by atoms with E-state index in [-0.39, 0.29) is 0 Å². The molecule has 8 heteroatoms. The van der Waals surface area contributed by atoms with Gasteiger partial charge in [-0.3, -0.25) is 14.3 Å². The summed E-state index contributed by atoms with van der Waals surface area (Å²) in [5.41, 5.74) is 1.64. The zero-order valence-corrected chi connectivity index (χ0v) is 20.2. The van der Waals surface area contributed by atoms with Crippen molar-refractivity contribution in [1.29, 1.82) is 0 Å². The van der Waals surface area contributed by atoms with Crippen LogP contribution < -0.4 is 0 Å². The number of aliphatic hydroxyl groups is 1. The number of aromatic nitrogens is 1. The summed E-state index contributed by atoms with van der Waals surface area (Å²) in [7, 11) is -3.96. The van der Waals surface area contributed by atoms with Crippen molar-refractivity contribution in [3.8, 4) is 23.6 Å². The average molecular weight is 493 g/mol. The van der Waals surface area contributed by atoms with Crippen molar-refractivity contribution < 1.29 is 28.9 Å². The number of pyridine rings is 1. The number of halogens is 1. The van der Waals surface area contributed by atoms with Crippen molar-refractivity contribution >= 4 is 14.0 Å². The van der Waals surface area contributed by atoms with E-state index in [1.807, 2.05) is 24.3 Å². The normalized spacial score (nSPS) is 17.4. The quantitative estimate of drug-likeness (QED) is 0.263. The zero-order chi connectivity index (χ0) is 25.5. The minimum absolute atomic E-state index is 0.290. The molecule has 2 aromatic carbocycles. The van der Waals surface area contributed by atoms with Crippen LogP contribution in [0.3, 0.4) is 0 Å². The van der Waals surface area contributed by atoms with Gasteiger partial charge in [-0.05, 0) is 40.3 Å². The molecule has 180 valence electrons. The number of aliphatic carboxylic acids is 1. The number of carboxylic acids is 1. The highest BCUT2D eigenvalue weighted by Crippen LogP contribution is 2.56. The highest BCUT2D eigenvalue weighted by molar-refractivity contribution is 7.41. The number of terminal acetylenes is 1. The Balaban J connectivity index is 2.00. The molecule has 0 fully saturated rings. The van der Waals surface area contributed by atoms with Gasteiger partial charge in [-0.25, -0.2) is 4.39 Å². The van der Waals surface area contributed by atoms with Crippen molar-refractivity contribution in [2.75, 3.05) is 0 Å². The Bertz CT molecular complexity index is 1350. The Hall–Kier alpha value is -3.30. The van der Waals surface area contributed by atoms with E-state index in [2.05, 4.69) is 10.9 Å². The van der Waals surface area contributed by atoms with Crippen LogP contribution in [0.1, 0.15) is 42.0 Å². The summed E-state index contributed by atoms with van der Waals surface area (Å²) in [6, 6.07) is 14.6. The lowest BCUT2D eigenvalue weighted by atomic mass is 9.67.